The quantitative estimate of drug-likeness (QED) is 0.604. The highest BCUT2D eigenvalue weighted by atomic mass is 35.5. The molecule has 116 valence electrons. The summed E-state index contributed by atoms with van der Waals surface area (Å²) < 4.78 is 1.19. The topological polar surface area (TPSA) is 70.1 Å². The standard InChI is InChI=1S/C16H11Cl2N3O2/c17-10-6-8-11(9-7-10)19-20-14-13(18)15(22)21(16(14)23)12-4-2-1-3-5-12/h1-9,22-23H. The van der Waals surface area contributed by atoms with Gasteiger partial charge >= 0.3 is 0 Å². The normalized spacial score (nSPS) is 11.2. The van der Waals surface area contributed by atoms with E-state index in [0.29, 0.717) is 16.4 Å². The molecule has 3 aromatic rings. The molecule has 0 amide bonds. The summed E-state index contributed by atoms with van der Waals surface area (Å²) in [6, 6.07) is 15.5. The first kappa shape index (κ1) is 15.4. The number of rotatable bonds is 3. The molecule has 1 aromatic heterocycles. The van der Waals surface area contributed by atoms with E-state index < -0.39 is 0 Å². The van der Waals surface area contributed by atoms with Gasteiger partial charge in [0.2, 0.25) is 11.8 Å². The van der Waals surface area contributed by atoms with Crippen molar-refractivity contribution in [1.82, 2.24) is 4.57 Å². The SMILES string of the molecule is Oc1c(Cl)c(N=Nc2ccc(Cl)cc2)c(O)n1-c1ccccc1. The van der Waals surface area contributed by atoms with E-state index in [-0.39, 0.29) is 22.5 Å². The van der Waals surface area contributed by atoms with Crippen LogP contribution in [-0.4, -0.2) is 14.8 Å². The van der Waals surface area contributed by atoms with E-state index in [0.717, 1.165) is 0 Å². The minimum atomic E-state index is -0.305. The Kier molecular flexibility index (Phi) is 4.23. The predicted octanol–water partition coefficient (Wildman–Crippen LogP) is 5.61. The van der Waals surface area contributed by atoms with Gasteiger partial charge in [-0.05, 0) is 36.4 Å². The molecular weight excluding hydrogens is 337 g/mol. The molecule has 3 rings (SSSR count). The van der Waals surface area contributed by atoms with Crippen molar-refractivity contribution in [3.63, 3.8) is 0 Å². The lowest BCUT2D eigenvalue weighted by molar-refractivity contribution is 0.403. The Morgan fingerprint density at radius 1 is 0.783 bits per heavy atom. The molecule has 0 unspecified atom stereocenters. The van der Waals surface area contributed by atoms with Crippen molar-refractivity contribution in [2.24, 2.45) is 10.2 Å². The molecule has 0 saturated carbocycles. The van der Waals surface area contributed by atoms with E-state index in [1.807, 2.05) is 6.07 Å². The Labute approximate surface area is 142 Å². The summed E-state index contributed by atoms with van der Waals surface area (Å²) in [7, 11) is 0. The van der Waals surface area contributed by atoms with E-state index in [1.54, 1.807) is 48.5 Å². The van der Waals surface area contributed by atoms with E-state index >= 15 is 0 Å². The number of hydrogen-bond acceptors (Lipinski definition) is 4. The number of aromatic hydroxyl groups is 2. The van der Waals surface area contributed by atoms with Gasteiger partial charge in [0, 0.05) is 5.02 Å². The van der Waals surface area contributed by atoms with Gasteiger partial charge in [-0.25, -0.2) is 4.57 Å². The zero-order valence-corrected chi connectivity index (χ0v) is 13.2. The zero-order chi connectivity index (χ0) is 16.4. The number of halogens is 2. The number of aromatic nitrogens is 1. The van der Waals surface area contributed by atoms with Crippen LogP contribution in [-0.2, 0) is 0 Å². The second-order valence-corrected chi connectivity index (χ2v) is 5.47. The summed E-state index contributed by atoms with van der Waals surface area (Å²) in [5.41, 5.74) is 1.08. The molecule has 0 atom stereocenters. The number of nitrogens with zero attached hydrogens (tertiary/aromatic N) is 3. The van der Waals surface area contributed by atoms with Crippen LogP contribution in [0.15, 0.2) is 64.8 Å². The third-order valence-corrected chi connectivity index (χ3v) is 3.75. The van der Waals surface area contributed by atoms with Crippen molar-refractivity contribution in [2.45, 2.75) is 0 Å². The van der Waals surface area contributed by atoms with Crippen LogP contribution in [0.2, 0.25) is 10.0 Å². The minimum Gasteiger partial charge on any atom is -0.493 e. The fourth-order valence-corrected chi connectivity index (χ4v) is 2.37. The molecule has 1 heterocycles. The maximum atomic E-state index is 10.3. The largest absolute Gasteiger partial charge is 0.493 e. The summed E-state index contributed by atoms with van der Waals surface area (Å²) >= 11 is 11.9. The molecule has 0 aliphatic heterocycles. The zero-order valence-electron chi connectivity index (χ0n) is 11.7. The van der Waals surface area contributed by atoms with Gasteiger partial charge in [-0.15, -0.1) is 5.11 Å². The van der Waals surface area contributed by atoms with Crippen molar-refractivity contribution in [1.29, 1.82) is 0 Å². The van der Waals surface area contributed by atoms with Gasteiger partial charge in [0.15, 0.2) is 5.69 Å². The monoisotopic (exact) mass is 347 g/mol. The van der Waals surface area contributed by atoms with Crippen LogP contribution in [0.25, 0.3) is 5.69 Å². The number of azo groups is 1. The summed E-state index contributed by atoms with van der Waals surface area (Å²) in [6.07, 6.45) is 0. The summed E-state index contributed by atoms with van der Waals surface area (Å²) in [5.74, 6) is -0.600. The van der Waals surface area contributed by atoms with Gasteiger partial charge in [-0.2, -0.15) is 5.11 Å². The van der Waals surface area contributed by atoms with Crippen molar-refractivity contribution in [2.75, 3.05) is 0 Å². The molecule has 0 saturated heterocycles. The predicted molar refractivity (Wildman–Crippen MR) is 89.7 cm³/mol. The summed E-state index contributed by atoms with van der Waals surface area (Å²) in [5, 5.41) is 28.9. The Morgan fingerprint density at radius 2 is 1.43 bits per heavy atom. The van der Waals surface area contributed by atoms with Crippen LogP contribution in [0.3, 0.4) is 0 Å². The lowest BCUT2D eigenvalue weighted by Gasteiger charge is -2.05. The number of hydrogen-bond donors (Lipinski definition) is 2. The van der Waals surface area contributed by atoms with Crippen LogP contribution in [0.4, 0.5) is 11.4 Å². The molecule has 0 aliphatic rings. The van der Waals surface area contributed by atoms with E-state index in [1.165, 1.54) is 4.57 Å². The molecule has 0 spiro atoms. The Balaban J connectivity index is 2.02. The third-order valence-electron chi connectivity index (χ3n) is 3.15. The second kappa shape index (κ2) is 6.32. The highest BCUT2D eigenvalue weighted by molar-refractivity contribution is 6.34. The second-order valence-electron chi connectivity index (χ2n) is 4.66. The molecule has 5 nitrogen and oxygen atoms in total. The third kappa shape index (κ3) is 3.02. The van der Waals surface area contributed by atoms with Gasteiger partial charge in [-0.3, -0.25) is 0 Å². The van der Waals surface area contributed by atoms with Crippen LogP contribution in [0.5, 0.6) is 11.8 Å². The Bertz CT molecular complexity index is 859. The average Bonchev–Trinajstić information content (AvgIpc) is 2.78. The highest BCUT2D eigenvalue weighted by Crippen LogP contribution is 2.46. The van der Waals surface area contributed by atoms with Gasteiger partial charge in [-0.1, -0.05) is 41.4 Å². The number of benzene rings is 2. The molecule has 0 bridgehead atoms. The van der Waals surface area contributed by atoms with Crippen LogP contribution >= 0.6 is 23.2 Å². The van der Waals surface area contributed by atoms with Crippen LogP contribution in [0.1, 0.15) is 0 Å². The van der Waals surface area contributed by atoms with Gasteiger partial charge in [0.05, 0.1) is 11.4 Å². The van der Waals surface area contributed by atoms with Crippen LogP contribution in [0, 0.1) is 0 Å². The first-order valence-corrected chi connectivity index (χ1v) is 7.38. The molecule has 23 heavy (non-hydrogen) atoms. The van der Waals surface area contributed by atoms with Crippen molar-refractivity contribution in [3.8, 4) is 17.4 Å². The smallest absolute Gasteiger partial charge is 0.228 e. The van der Waals surface area contributed by atoms with E-state index in [9.17, 15) is 10.2 Å². The van der Waals surface area contributed by atoms with E-state index in [4.69, 9.17) is 23.2 Å². The molecule has 7 heteroatoms. The molecule has 0 radical (unpaired) electrons. The first-order valence-electron chi connectivity index (χ1n) is 6.63. The van der Waals surface area contributed by atoms with Gasteiger partial charge in [0.1, 0.15) is 5.02 Å². The molecular formula is C16H11Cl2N3O2. The molecule has 0 aliphatic carbocycles. The fourth-order valence-electron chi connectivity index (χ4n) is 2.03. The summed E-state index contributed by atoms with van der Waals surface area (Å²) in [6.45, 7) is 0. The highest BCUT2D eigenvalue weighted by Gasteiger charge is 2.22. The molecule has 0 fully saturated rings. The lowest BCUT2D eigenvalue weighted by Crippen LogP contribution is -1.91. The van der Waals surface area contributed by atoms with Crippen molar-refractivity contribution >= 4 is 34.6 Å². The molecule has 2 N–H and O–H groups in total. The summed E-state index contributed by atoms with van der Waals surface area (Å²) in [4.78, 5) is 0. The van der Waals surface area contributed by atoms with E-state index in [2.05, 4.69) is 10.2 Å². The Morgan fingerprint density at radius 3 is 2.09 bits per heavy atom. The fraction of sp³-hybridized carbons (Fsp3) is 0. The van der Waals surface area contributed by atoms with Crippen molar-refractivity contribution < 1.29 is 10.2 Å². The maximum absolute atomic E-state index is 10.3. The number of para-hydroxylation sites is 1. The van der Waals surface area contributed by atoms with Crippen molar-refractivity contribution in [3.05, 3.63) is 64.6 Å². The average molecular weight is 348 g/mol. The first-order chi connectivity index (χ1) is 11.1. The minimum absolute atomic E-state index is 0.0111. The molecule has 2 aromatic carbocycles. The Hall–Kier alpha value is -2.50. The van der Waals surface area contributed by atoms with Gasteiger partial charge < -0.3 is 10.2 Å². The lowest BCUT2D eigenvalue weighted by atomic mass is 10.3. The maximum Gasteiger partial charge on any atom is 0.228 e. The van der Waals surface area contributed by atoms with Crippen LogP contribution < -0.4 is 0 Å². The van der Waals surface area contributed by atoms with Gasteiger partial charge in [0.25, 0.3) is 0 Å².